The summed E-state index contributed by atoms with van der Waals surface area (Å²) >= 11 is 5.88. The fraction of sp³-hybridized carbons (Fsp3) is 0.273. The molecule has 4 heterocycles. The highest BCUT2D eigenvalue weighted by atomic mass is 35.5. The number of H-pyrrole nitrogens is 1. The van der Waals surface area contributed by atoms with Crippen LogP contribution in [0.5, 0.6) is 0 Å². The Morgan fingerprint density at radius 3 is 2.71 bits per heavy atom. The Kier molecular flexibility index (Phi) is 7.01. The molecule has 6 nitrogen and oxygen atoms in total. The van der Waals surface area contributed by atoms with Crippen LogP contribution in [-0.2, 0) is 0 Å². The van der Waals surface area contributed by atoms with E-state index in [2.05, 4.69) is 27.2 Å². The minimum absolute atomic E-state index is 0. The Morgan fingerprint density at radius 2 is 1.94 bits per heavy atom. The van der Waals surface area contributed by atoms with E-state index in [1.165, 1.54) is 6.07 Å². The zero-order valence-electron chi connectivity index (χ0n) is 16.8. The van der Waals surface area contributed by atoms with Crippen molar-refractivity contribution in [2.24, 2.45) is 0 Å². The quantitative estimate of drug-likeness (QED) is 0.441. The molecule has 0 saturated carbocycles. The molecule has 1 aromatic heterocycles. The first kappa shape index (κ1) is 23.2. The first-order chi connectivity index (χ1) is 14.1. The lowest BCUT2D eigenvalue weighted by Gasteiger charge is -2.27. The Bertz CT molecular complexity index is 1150. The first-order valence-corrected chi connectivity index (χ1v) is 10.1. The molecule has 0 spiro atoms. The number of benzene rings is 1. The Balaban J connectivity index is 0.00000136. The second-order valence-electron chi connectivity index (χ2n) is 7.58. The number of aromatic amines is 1. The summed E-state index contributed by atoms with van der Waals surface area (Å²) in [6.07, 6.45) is 3.96. The molecule has 9 heteroatoms. The molecule has 2 aromatic rings. The van der Waals surface area contributed by atoms with Crippen LogP contribution in [0.2, 0.25) is 5.02 Å². The molecule has 0 radical (unpaired) electrons. The summed E-state index contributed by atoms with van der Waals surface area (Å²) in [5.41, 5.74) is 3.19. The van der Waals surface area contributed by atoms with Crippen molar-refractivity contribution in [3.8, 4) is 34.2 Å². The van der Waals surface area contributed by atoms with E-state index in [0.717, 1.165) is 42.3 Å². The maximum Gasteiger partial charge on any atom is 0.153 e. The molecule has 1 saturated heterocycles. The van der Waals surface area contributed by atoms with Crippen LogP contribution in [0, 0.1) is 5.82 Å². The number of hydrogen-bond acceptors (Lipinski definition) is 4. The van der Waals surface area contributed by atoms with Crippen molar-refractivity contribution < 1.29 is 14.3 Å². The molecule has 3 aliphatic heterocycles. The van der Waals surface area contributed by atoms with E-state index in [1.54, 1.807) is 12.1 Å². The van der Waals surface area contributed by atoms with Gasteiger partial charge < -0.3 is 20.2 Å². The number of nitrogens with zero attached hydrogens (tertiary/aromatic N) is 2. The lowest BCUT2D eigenvalue weighted by atomic mass is 9.92. The Morgan fingerprint density at radius 1 is 1.13 bits per heavy atom. The summed E-state index contributed by atoms with van der Waals surface area (Å²) in [5, 5.41) is 3.54. The van der Waals surface area contributed by atoms with Crippen molar-refractivity contribution in [3.05, 3.63) is 59.3 Å². The third-order valence-electron chi connectivity index (χ3n) is 5.46. The number of nitrogens with one attached hydrogen (secondary N) is 2. The molecule has 1 fully saturated rings. The zero-order chi connectivity index (χ0) is 20.0. The third-order valence-corrected chi connectivity index (χ3v) is 5.75. The van der Waals surface area contributed by atoms with Gasteiger partial charge in [0, 0.05) is 17.5 Å². The highest BCUT2D eigenvalue weighted by Crippen LogP contribution is 2.34. The SMILES string of the molecule is CC1CC(c2ncc3nc(-c4ccc(-c5ccc(F)c(Cl)c5)o4)cc-3[nH]2)CCN1.Cl.O. The zero-order valence-corrected chi connectivity index (χ0v) is 18.4. The number of hydrogen-bond donors (Lipinski definition) is 2. The standard InChI is InChI=1S/C22H20ClFN4O.ClH.H2O/c1-12-8-14(6-7-25-12)22-26-11-19-17(28-22)10-18(27-19)21-5-4-20(29-21)13-2-3-16(24)15(23)9-13;;/h2-5,9-12,14,25H,6-8H2,1H3,(H,26,28);1H;1H2. The van der Waals surface area contributed by atoms with E-state index in [4.69, 9.17) is 16.0 Å². The topological polar surface area (TPSA) is 98.2 Å². The van der Waals surface area contributed by atoms with Gasteiger partial charge in [-0.1, -0.05) is 11.6 Å². The minimum Gasteiger partial charge on any atom is -0.454 e. The van der Waals surface area contributed by atoms with Gasteiger partial charge in [0.25, 0.3) is 0 Å². The summed E-state index contributed by atoms with van der Waals surface area (Å²) in [5.74, 6) is 2.23. The molecular weight excluding hydrogens is 442 g/mol. The minimum atomic E-state index is -0.451. The fourth-order valence-corrected chi connectivity index (χ4v) is 4.11. The van der Waals surface area contributed by atoms with Gasteiger partial charge in [-0.3, -0.25) is 0 Å². The molecule has 164 valence electrons. The molecule has 0 bridgehead atoms. The van der Waals surface area contributed by atoms with E-state index in [9.17, 15) is 4.39 Å². The number of rotatable bonds is 3. The molecule has 0 amide bonds. The maximum atomic E-state index is 13.4. The summed E-state index contributed by atoms with van der Waals surface area (Å²) in [4.78, 5) is 12.7. The first-order valence-electron chi connectivity index (χ1n) is 9.71. The van der Waals surface area contributed by atoms with Crippen LogP contribution >= 0.6 is 24.0 Å². The van der Waals surface area contributed by atoms with Gasteiger partial charge in [0.2, 0.25) is 0 Å². The van der Waals surface area contributed by atoms with Crippen molar-refractivity contribution in [3.63, 3.8) is 0 Å². The highest BCUT2D eigenvalue weighted by molar-refractivity contribution is 6.31. The molecule has 0 aliphatic carbocycles. The van der Waals surface area contributed by atoms with E-state index in [1.807, 2.05) is 24.4 Å². The molecular formula is C22H23Cl2FN4O2. The van der Waals surface area contributed by atoms with Crippen molar-refractivity contribution in [2.45, 2.75) is 31.7 Å². The van der Waals surface area contributed by atoms with Gasteiger partial charge in [-0.25, -0.2) is 14.4 Å². The van der Waals surface area contributed by atoms with Gasteiger partial charge in [-0.05, 0) is 62.7 Å². The second kappa shape index (κ2) is 9.36. The van der Waals surface area contributed by atoms with Gasteiger partial charge >= 0.3 is 0 Å². The summed E-state index contributed by atoms with van der Waals surface area (Å²) in [6.45, 7) is 3.21. The van der Waals surface area contributed by atoms with E-state index in [-0.39, 0.29) is 22.9 Å². The summed E-state index contributed by atoms with van der Waals surface area (Å²) in [7, 11) is 0. The summed E-state index contributed by atoms with van der Waals surface area (Å²) < 4.78 is 19.4. The second-order valence-corrected chi connectivity index (χ2v) is 7.99. The predicted molar refractivity (Wildman–Crippen MR) is 121 cm³/mol. The number of furan rings is 1. The maximum absolute atomic E-state index is 13.4. The molecule has 3 aliphatic rings. The molecule has 4 N–H and O–H groups in total. The lowest BCUT2D eigenvalue weighted by Crippen LogP contribution is -2.35. The number of aromatic nitrogens is 3. The number of piperidine rings is 1. The van der Waals surface area contributed by atoms with Gasteiger partial charge in [0.1, 0.15) is 28.8 Å². The molecule has 5 rings (SSSR count). The van der Waals surface area contributed by atoms with Crippen LogP contribution in [0.15, 0.2) is 47.0 Å². The number of halogens is 3. The Hall–Kier alpha value is -2.45. The highest BCUT2D eigenvalue weighted by Gasteiger charge is 2.23. The number of fused-ring (bicyclic) bond motifs is 1. The normalized spacial score (nSPS) is 18.4. The van der Waals surface area contributed by atoms with Crippen molar-refractivity contribution in [1.29, 1.82) is 0 Å². The van der Waals surface area contributed by atoms with Gasteiger partial charge in [0.05, 0.1) is 16.9 Å². The molecule has 2 unspecified atom stereocenters. The predicted octanol–water partition coefficient (Wildman–Crippen LogP) is 5.08. The van der Waals surface area contributed by atoms with Crippen molar-refractivity contribution in [1.82, 2.24) is 20.3 Å². The average molecular weight is 465 g/mol. The lowest BCUT2D eigenvalue weighted by molar-refractivity contribution is 0.371. The van der Waals surface area contributed by atoms with Crippen molar-refractivity contribution >= 4 is 24.0 Å². The van der Waals surface area contributed by atoms with E-state index in [0.29, 0.717) is 29.0 Å². The smallest absolute Gasteiger partial charge is 0.153 e. The van der Waals surface area contributed by atoms with Gasteiger partial charge in [0.15, 0.2) is 5.76 Å². The van der Waals surface area contributed by atoms with E-state index < -0.39 is 5.82 Å². The van der Waals surface area contributed by atoms with Crippen LogP contribution in [0.4, 0.5) is 4.39 Å². The molecule has 1 aromatic carbocycles. The van der Waals surface area contributed by atoms with Crippen molar-refractivity contribution in [2.75, 3.05) is 6.54 Å². The molecule has 31 heavy (non-hydrogen) atoms. The van der Waals surface area contributed by atoms with E-state index >= 15 is 0 Å². The summed E-state index contributed by atoms with van der Waals surface area (Å²) in [6, 6.07) is 10.7. The van der Waals surface area contributed by atoms with Gasteiger partial charge in [-0.15, -0.1) is 12.4 Å². The average Bonchev–Trinajstić information content (AvgIpc) is 3.36. The molecule has 2 atom stereocenters. The van der Waals surface area contributed by atoms with Crippen LogP contribution in [0.1, 0.15) is 31.5 Å². The van der Waals surface area contributed by atoms with Crippen LogP contribution in [0.25, 0.3) is 34.2 Å². The monoisotopic (exact) mass is 464 g/mol. The fourth-order valence-electron chi connectivity index (χ4n) is 3.93. The van der Waals surface area contributed by atoms with Gasteiger partial charge in [-0.2, -0.15) is 0 Å². The third kappa shape index (κ3) is 4.60. The Labute approximate surface area is 190 Å². The largest absolute Gasteiger partial charge is 0.454 e. The van der Waals surface area contributed by atoms with Crippen LogP contribution in [-0.4, -0.2) is 33.0 Å². The van der Waals surface area contributed by atoms with Crippen LogP contribution < -0.4 is 5.32 Å². The van der Waals surface area contributed by atoms with Crippen LogP contribution in [0.3, 0.4) is 0 Å².